The molecule has 2 aromatic rings. The molecule has 0 unspecified atom stereocenters. The zero-order chi connectivity index (χ0) is 19.9. The molecule has 0 aliphatic heterocycles. The number of amides is 1. The monoisotopic (exact) mass is 373 g/mol. The van der Waals surface area contributed by atoms with Crippen molar-refractivity contribution < 1.29 is 37.4 Å². The molecule has 2 rings (SSSR count). The number of carboxylic acid groups (broad SMARTS) is 2. The lowest BCUT2D eigenvalue weighted by molar-refractivity contribution is -0.192. The fourth-order valence-corrected chi connectivity index (χ4v) is 1.85. The van der Waals surface area contributed by atoms with E-state index in [1.165, 1.54) is 12.1 Å². The minimum atomic E-state index is -5.08. The highest BCUT2D eigenvalue weighted by Crippen LogP contribution is 2.23. The number of anilines is 1. The van der Waals surface area contributed by atoms with E-state index in [4.69, 9.17) is 9.90 Å². The number of rotatable bonds is 3. The number of hydrogen-bond acceptors (Lipinski definition) is 2. The molecule has 140 valence electrons. The molecule has 26 heavy (non-hydrogen) atoms. The van der Waals surface area contributed by atoms with Crippen LogP contribution in [0.2, 0.25) is 0 Å². The number of benzene rings is 2. The Morgan fingerprint density at radius 2 is 1.58 bits per heavy atom. The van der Waals surface area contributed by atoms with Crippen molar-refractivity contribution in [2.45, 2.75) is 19.6 Å². The second-order valence-electron chi connectivity index (χ2n) is 5.11. The Bertz CT molecular complexity index is 763. The molecule has 0 spiro atoms. The fourth-order valence-electron chi connectivity index (χ4n) is 1.85. The van der Waals surface area contributed by atoms with Crippen LogP contribution in [0.5, 0.6) is 0 Å². The Balaban J connectivity index is 0.000000412. The molecule has 0 fully saturated rings. The van der Waals surface area contributed by atoms with Gasteiger partial charge in [0.2, 0.25) is 0 Å². The molecule has 9 heteroatoms. The smallest absolute Gasteiger partial charge is 0.475 e. The van der Waals surface area contributed by atoms with Crippen molar-refractivity contribution in [2.24, 2.45) is 0 Å². The number of carboxylic acids is 1. The van der Waals surface area contributed by atoms with Crippen LogP contribution in [0.15, 0.2) is 48.5 Å². The molecule has 0 heterocycles. The first-order valence-corrected chi connectivity index (χ1v) is 7.13. The van der Waals surface area contributed by atoms with Gasteiger partial charge in [0.05, 0.1) is 12.2 Å². The van der Waals surface area contributed by atoms with Crippen LogP contribution in [-0.4, -0.2) is 28.5 Å². The lowest BCUT2D eigenvalue weighted by Crippen LogP contribution is -2.29. The Hall–Kier alpha value is -3.10. The Morgan fingerprint density at radius 3 is 2.04 bits per heavy atom. The predicted molar refractivity (Wildman–Crippen MR) is 85.5 cm³/mol. The summed E-state index contributed by atoms with van der Waals surface area (Å²) in [5, 5.41) is 16.4. The van der Waals surface area contributed by atoms with E-state index >= 15 is 0 Å². The molecular weight excluding hydrogens is 358 g/mol. The SMILES string of the molecule is Cc1ccc(F)c(N(Cc2ccccc2)C(=O)O)c1.O=C(O)C(F)(F)F. The van der Waals surface area contributed by atoms with Gasteiger partial charge < -0.3 is 10.2 Å². The summed E-state index contributed by atoms with van der Waals surface area (Å²) >= 11 is 0. The molecule has 1 amide bonds. The van der Waals surface area contributed by atoms with Crippen molar-refractivity contribution in [3.8, 4) is 0 Å². The number of alkyl halides is 3. The highest BCUT2D eigenvalue weighted by molar-refractivity contribution is 5.86. The van der Waals surface area contributed by atoms with Gasteiger partial charge in [-0.3, -0.25) is 4.90 Å². The third-order valence-electron chi connectivity index (χ3n) is 3.05. The van der Waals surface area contributed by atoms with Crippen molar-refractivity contribution >= 4 is 17.7 Å². The van der Waals surface area contributed by atoms with Crippen molar-refractivity contribution in [1.82, 2.24) is 0 Å². The number of aliphatic carboxylic acids is 1. The first-order chi connectivity index (χ1) is 12.0. The number of halogens is 4. The van der Waals surface area contributed by atoms with Gasteiger partial charge in [-0.2, -0.15) is 13.2 Å². The zero-order valence-corrected chi connectivity index (χ0v) is 13.5. The topological polar surface area (TPSA) is 77.8 Å². The molecular formula is C17H15F4NO4. The fraction of sp³-hybridized carbons (Fsp3) is 0.176. The van der Waals surface area contributed by atoms with Crippen LogP contribution in [0.3, 0.4) is 0 Å². The van der Waals surface area contributed by atoms with Crippen LogP contribution in [0.1, 0.15) is 11.1 Å². The maximum atomic E-state index is 13.8. The van der Waals surface area contributed by atoms with E-state index in [9.17, 15) is 27.5 Å². The first-order valence-electron chi connectivity index (χ1n) is 7.13. The number of aryl methyl sites for hydroxylation is 1. The largest absolute Gasteiger partial charge is 0.490 e. The molecule has 0 atom stereocenters. The van der Waals surface area contributed by atoms with Crippen LogP contribution >= 0.6 is 0 Å². The summed E-state index contributed by atoms with van der Waals surface area (Å²) in [5.41, 5.74) is 1.71. The van der Waals surface area contributed by atoms with Gasteiger partial charge in [-0.15, -0.1) is 0 Å². The average Bonchev–Trinajstić information content (AvgIpc) is 2.55. The van der Waals surface area contributed by atoms with Crippen molar-refractivity contribution in [3.05, 3.63) is 65.5 Å². The summed E-state index contributed by atoms with van der Waals surface area (Å²) < 4.78 is 45.5. The molecule has 2 N–H and O–H groups in total. The summed E-state index contributed by atoms with van der Waals surface area (Å²) in [5.74, 6) is -3.29. The van der Waals surface area contributed by atoms with Crippen LogP contribution in [-0.2, 0) is 11.3 Å². The van der Waals surface area contributed by atoms with E-state index in [1.54, 1.807) is 13.0 Å². The molecule has 0 aliphatic carbocycles. The second kappa shape index (κ2) is 8.84. The molecule has 0 radical (unpaired) electrons. The molecule has 0 aromatic heterocycles. The van der Waals surface area contributed by atoms with Crippen molar-refractivity contribution in [3.63, 3.8) is 0 Å². The van der Waals surface area contributed by atoms with Gasteiger partial charge in [-0.1, -0.05) is 36.4 Å². The number of carbonyl (C=O) groups is 2. The zero-order valence-electron chi connectivity index (χ0n) is 13.5. The van der Waals surface area contributed by atoms with Crippen LogP contribution in [0, 0.1) is 12.7 Å². The van der Waals surface area contributed by atoms with E-state index < -0.39 is 24.1 Å². The van der Waals surface area contributed by atoms with Gasteiger partial charge in [0.15, 0.2) is 0 Å². The van der Waals surface area contributed by atoms with Crippen LogP contribution < -0.4 is 4.90 Å². The van der Waals surface area contributed by atoms with Crippen LogP contribution in [0.25, 0.3) is 0 Å². The predicted octanol–water partition coefficient (Wildman–Crippen LogP) is 4.45. The van der Waals surface area contributed by atoms with Crippen LogP contribution in [0.4, 0.5) is 28.0 Å². The highest BCUT2D eigenvalue weighted by atomic mass is 19.4. The molecule has 0 saturated carbocycles. The summed E-state index contributed by atoms with van der Waals surface area (Å²) in [6.45, 7) is 1.92. The standard InChI is InChI=1S/C15H14FNO2.C2HF3O2/c1-11-7-8-13(16)14(9-11)17(15(18)19)10-12-5-3-2-4-6-12;3-2(4,5)1(6)7/h2-9H,10H2,1H3,(H,18,19);(H,6,7). The maximum absolute atomic E-state index is 13.8. The summed E-state index contributed by atoms with van der Waals surface area (Å²) in [4.78, 5) is 21.2. The first kappa shape index (κ1) is 20.9. The van der Waals surface area contributed by atoms with E-state index in [0.29, 0.717) is 0 Å². The Labute approximate surface area is 146 Å². The molecule has 0 aliphatic rings. The van der Waals surface area contributed by atoms with Gasteiger partial charge in [-0.05, 0) is 30.2 Å². The van der Waals surface area contributed by atoms with E-state index in [1.807, 2.05) is 30.3 Å². The molecule has 2 aromatic carbocycles. The highest BCUT2D eigenvalue weighted by Gasteiger charge is 2.38. The Kier molecular flexibility index (Phi) is 7.12. The van der Waals surface area contributed by atoms with Gasteiger partial charge in [0, 0.05) is 0 Å². The minimum Gasteiger partial charge on any atom is -0.475 e. The third kappa shape index (κ3) is 6.42. The Morgan fingerprint density at radius 1 is 1.04 bits per heavy atom. The minimum absolute atomic E-state index is 0.0800. The summed E-state index contributed by atoms with van der Waals surface area (Å²) in [6, 6.07) is 13.5. The normalized spacial score (nSPS) is 10.5. The molecule has 0 bridgehead atoms. The quantitative estimate of drug-likeness (QED) is 0.779. The van der Waals surface area contributed by atoms with Gasteiger partial charge >= 0.3 is 18.2 Å². The number of hydrogen-bond donors (Lipinski definition) is 2. The maximum Gasteiger partial charge on any atom is 0.490 e. The van der Waals surface area contributed by atoms with Gasteiger partial charge in [0.25, 0.3) is 0 Å². The van der Waals surface area contributed by atoms with Crippen molar-refractivity contribution in [1.29, 1.82) is 0 Å². The van der Waals surface area contributed by atoms with E-state index in [0.717, 1.165) is 16.0 Å². The number of nitrogens with zero attached hydrogens (tertiary/aromatic N) is 1. The van der Waals surface area contributed by atoms with E-state index in [2.05, 4.69) is 0 Å². The molecule has 5 nitrogen and oxygen atoms in total. The van der Waals surface area contributed by atoms with Gasteiger partial charge in [-0.25, -0.2) is 14.0 Å². The average molecular weight is 373 g/mol. The third-order valence-corrected chi connectivity index (χ3v) is 3.05. The van der Waals surface area contributed by atoms with Gasteiger partial charge in [0.1, 0.15) is 5.82 Å². The summed E-state index contributed by atoms with van der Waals surface area (Å²) in [7, 11) is 0. The second-order valence-corrected chi connectivity index (χ2v) is 5.11. The lowest BCUT2D eigenvalue weighted by atomic mass is 10.1. The van der Waals surface area contributed by atoms with Crippen molar-refractivity contribution in [2.75, 3.05) is 4.90 Å². The lowest BCUT2D eigenvalue weighted by Gasteiger charge is -2.20. The van der Waals surface area contributed by atoms with E-state index in [-0.39, 0.29) is 12.2 Å². The molecule has 0 saturated heterocycles. The summed E-state index contributed by atoms with van der Waals surface area (Å²) in [6.07, 6.45) is -6.26.